The summed E-state index contributed by atoms with van der Waals surface area (Å²) in [4.78, 5) is 31.2. The van der Waals surface area contributed by atoms with Crippen LogP contribution in [-0.2, 0) is 20.9 Å². The van der Waals surface area contributed by atoms with E-state index in [9.17, 15) is 14.0 Å². The van der Waals surface area contributed by atoms with Crippen LogP contribution in [0.25, 0.3) is 0 Å². The van der Waals surface area contributed by atoms with Gasteiger partial charge in [-0.05, 0) is 23.3 Å². The zero-order chi connectivity index (χ0) is 21.1. The molecule has 2 fully saturated rings. The first-order chi connectivity index (χ1) is 14.5. The molecule has 158 valence electrons. The molecule has 2 aromatic rings. The Morgan fingerprint density at radius 3 is 2.37 bits per heavy atom. The molecular weight excluding hydrogens is 385 g/mol. The summed E-state index contributed by atoms with van der Waals surface area (Å²) in [6.07, 6.45) is -0.793. The van der Waals surface area contributed by atoms with Gasteiger partial charge in [-0.2, -0.15) is 0 Å². The zero-order valence-electron chi connectivity index (χ0n) is 17.0. The molecule has 0 aromatic heterocycles. The van der Waals surface area contributed by atoms with Crippen molar-refractivity contribution < 1.29 is 18.7 Å². The summed E-state index contributed by atoms with van der Waals surface area (Å²) >= 11 is 0. The van der Waals surface area contributed by atoms with Gasteiger partial charge in [-0.15, -0.1) is 0 Å². The van der Waals surface area contributed by atoms with Crippen LogP contribution in [0.3, 0.4) is 0 Å². The summed E-state index contributed by atoms with van der Waals surface area (Å²) in [5, 5.41) is 0. The maximum atomic E-state index is 13.4. The number of piperazine rings is 1. The number of rotatable bonds is 4. The molecule has 0 bridgehead atoms. The summed E-state index contributed by atoms with van der Waals surface area (Å²) < 4.78 is 19.1. The molecule has 2 aromatic carbocycles. The molecule has 2 saturated heterocycles. The Morgan fingerprint density at radius 2 is 1.70 bits per heavy atom. The van der Waals surface area contributed by atoms with Gasteiger partial charge >= 0.3 is 0 Å². The first-order valence-electron chi connectivity index (χ1n) is 10.2. The van der Waals surface area contributed by atoms with Gasteiger partial charge in [0.25, 0.3) is 5.91 Å². The minimum Gasteiger partial charge on any atom is -0.356 e. The highest BCUT2D eigenvalue weighted by atomic mass is 19.1. The number of halogens is 1. The van der Waals surface area contributed by atoms with Crippen molar-refractivity contribution in [3.63, 3.8) is 0 Å². The fourth-order valence-corrected chi connectivity index (χ4v) is 4.12. The highest BCUT2D eigenvalue weighted by Gasteiger charge is 2.42. The number of carbonyl (C=O) groups excluding carboxylic acids is 2. The third-order valence-corrected chi connectivity index (χ3v) is 5.87. The van der Waals surface area contributed by atoms with Crippen molar-refractivity contribution in [2.24, 2.45) is 0 Å². The summed E-state index contributed by atoms with van der Waals surface area (Å²) in [6, 6.07) is 15.6. The largest absolute Gasteiger partial charge is 0.356 e. The predicted octanol–water partition coefficient (Wildman–Crippen LogP) is 2.07. The van der Waals surface area contributed by atoms with E-state index in [0.29, 0.717) is 18.7 Å². The summed E-state index contributed by atoms with van der Waals surface area (Å²) in [5.41, 5.74) is 1.94. The molecule has 0 N–H and O–H groups in total. The first-order valence-corrected chi connectivity index (χ1v) is 10.2. The summed E-state index contributed by atoms with van der Waals surface area (Å²) in [7, 11) is 1.66. The fraction of sp³-hybridized carbons (Fsp3) is 0.391. The molecule has 30 heavy (non-hydrogen) atoms. The molecule has 2 unspecified atom stereocenters. The lowest BCUT2D eigenvalue weighted by molar-refractivity contribution is -0.168. The van der Waals surface area contributed by atoms with Crippen LogP contribution in [0.4, 0.5) is 4.39 Å². The van der Waals surface area contributed by atoms with Gasteiger partial charge in [0.15, 0.2) is 6.10 Å². The van der Waals surface area contributed by atoms with Crippen molar-refractivity contribution in [1.29, 1.82) is 0 Å². The number of hydrogen-bond acceptors (Lipinski definition) is 4. The number of benzene rings is 2. The second kappa shape index (κ2) is 8.93. The van der Waals surface area contributed by atoms with E-state index in [0.717, 1.165) is 19.6 Å². The van der Waals surface area contributed by atoms with Crippen molar-refractivity contribution in [3.8, 4) is 0 Å². The molecule has 6 nitrogen and oxygen atoms in total. The number of likely N-dealkylation sites (N-methyl/N-ethyl adjacent to an activating group) is 1. The maximum absolute atomic E-state index is 13.4. The van der Waals surface area contributed by atoms with Gasteiger partial charge in [-0.1, -0.05) is 42.5 Å². The molecule has 0 radical (unpaired) electrons. The van der Waals surface area contributed by atoms with Gasteiger partial charge in [0.05, 0.1) is 6.04 Å². The van der Waals surface area contributed by atoms with Crippen molar-refractivity contribution in [2.45, 2.75) is 18.7 Å². The molecule has 2 amide bonds. The molecule has 0 saturated carbocycles. The second-order valence-corrected chi connectivity index (χ2v) is 7.82. The van der Waals surface area contributed by atoms with Gasteiger partial charge in [0, 0.05) is 39.8 Å². The smallest absolute Gasteiger partial charge is 0.254 e. The lowest BCUT2D eigenvalue weighted by Crippen LogP contribution is -2.57. The molecule has 2 atom stereocenters. The molecule has 0 spiro atoms. The maximum Gasteiger partial charge on any atom is 0.254 e. The van der Waals surface area contributed by atoms with Gasteiger partial charge in [0.1, 0.15) is 12.4 Å². The predicted molar refractivity (Wildman–Crippen MR) is 110 cm³/mol. The van der Waals surface area contributed by atoms with Crippen LogP contribution in [0.1, 0.15) is 17.2 Å². The Bertz CT molecular complexity index is 882. The minimum atomic E-state index is -0.793. The first kappa shape index (κ1) is 20.5. The van der Waals surface area contributed by atoms with E-state index in [1.54, 1.807) is 19.2 Å². The van der Waals surface area contributed by atoms with Crippen LogP contribution in [0.15, 0.2) is 54.6 Å². The third-order valence-electron chi connectivity index (χ3n) is 5.87. The molecule has 7 heteroatoms. The Labute approximate surface area is 175 Å². The quantitative estimate of drug-likeness (QED) is 0.773. The normalized spacial score (nSPS) is 22.9. The summed E-state index contributed by atoms with van der Waals surface area (Å²) in [5.74, 6) is -0.675. The summed E-state index contributed by atoms with van der Waals surface area (Å²) in [6.45, 7) is 3.52. The molecule has 0 aliphatic carbocycles. The Balaban J connectivity index is 1.43. The van der Waals surface area contributed by atoms with Gasteiger partial charge in [0.2, 0.25) is 5.91 Å². The molecule has 2 heterocycles. The monoisotopic (exact) mass is 411 g/mol. The third kappa shape index (κ3) is 4.37. The number of nitrogens with zero attached hydrogens (tertiary/aromatic N) is 3. The molecule has 2 aliphatic rings. The van der Waals surface area contributed by atoms with E-state index < -0.39 is 12.1 Å². The van der Waals surface area contributed by atoms with E-state index in [2.05, 4.69) is 17.0 Å². The van der Waals surface area contributed by atoms with Crippen molar-refractivity contribution in [1.82, 2.24) is 14.7 Å². The van der Waals surface area contributed by atoms with Crippen LogP contribution in [0.5, 0.6) is 0 Å². The second-order valence-electron chi connectivity index (χ2n) is 7.82. The Hall–Kier alpha value is -2.77. The van der Waals surface area contributed by atoms with Gasteiger partial charge in [-0.3, -0.25) is 14.5 Å². The van der Waals surface area contributed by atoms with Crippen molar-refractivity contribution in [2.75, 3.05) is 39.8 Å². The van der Waals surface area contributed by atoms with E-state index >= 15 is 0 Å². The lowest BCUT2D eigenvalue weighted by Gasteiger charge is -2.42. The molecule has 2 aliphatic heterocycles. The van der Waals surface area contributed by atoms with Crippen molar-refractivity contribution in [3.05, 3.63) is 71.5 Å². The number of morpholine rings is 1. The van der Waals surface area contributed by atoms with Gasteiger partial charge < -0.3 is 14.5 Å². The minimum absolute atomic E-state index is 0.122. The van der Waals surface area contributed by atoms with E-state index in [1.807, 2.05) is 23.1 Å². The van der Waals surface area contributed by atoms with Crippen molar-refractivity contribution >= 4 is 11.8 Å². The van der Waals surface area contributed by atoms with E-state index in [1.165, 1.54) is 22.6 Å². The van der Waals surface area contributed by atoms with Crippen LogP contribution in [0, 0.1) is 5.82 Å². The Kier molecular flexibility index (Phi) is 6.11. The topological polar surface area (TPSA) is 53.1 Å². The van der Waals surface area contributed by atoms with E-state index in [4.69, 9.17) is 4.74 Å². The lowest BCUT2D eigenvalue weighted by atomic mass is 9.97. The Morgan fingerprint density at radius 1 is 1.03 bits per heavy atom. The zero-order valence-corrected chi connectivity index (χ0v) is 17.0. The highest BCUT2D eigenvalue weighted by molar-refractivity contribution is 5.86. The van der Waals surface area contributed by atoms with Crippen LogP contribution >= 0.6 is 0 Å². The van der Waals surface area contributed by atoms with Crippen LogP contribution in [-0.4, -0.2) is 72.5 Å². The number of hydrogen-bond donors (Lipinski definition) is 0. The fourth-order valence-electron chi connectivity index (χ4n) is 4.12. The average molecular weight is 411 g/mol. The number of ether oxygens (including phenoxy) is 1. The number of carbonyl (C=O) groups is 2. The highest BCUT2D eigenvalue weighted by Crippen LogP contribution is 2.30. The van der Waals surface area contributed by atoms with Crippen LogP contribution in [0.2, 0.25) is 0 Å². The SMILES string of the molecule is CN1C(=O)COC(C(=O)N2CCN(Cc3ccccc3)CC2)C1c1ccc(F)cc1. The van der Waals surface area contributed by atoms with Crippen LogP contribution < -0.4 is 0 Å². The molecular formula is C23H26FN3O3. The van der Waals surface area contributed by atoms with Gasteiger partial charge in [-0.25, -0.2) is 4.39 Å². The average Bonchev–Trinajstić information content (AvgIpc) is 2.77. The van der Waals surface area contributed by atoms with E-state index in [-0.39, 0.29) is 24.2 Å². The number of amides is 2. The molecule has 4 rings (SSSR count). The standard InChI is InChI=1S/C23H26FN3O3/c1-25-20(28)16-30-22(21(25)18-7-9-19(24)10-8-18)23(29)27-13-11-26(12-14-27)15-17-5-3-2-4-6-17/h2-10,21-22H,11-16H2,1H3.